The van der Waals surface area contributed by atoms with Crippen LogP contribution in [0.25, 0.3) is 0 Å². The van der Waals surface area contributed by atoms with Gasteiger partial charge in [0.15, 0.2) is 0 Å². The van der Waals surface area contributed by atoms with Crippen molar-refractivity contribution in [2.24, 2.45) is 5.92 Å². The maximum absolute atomic E-state index is 13.0. The highest BCUT2D eigenvalue weighted by molar-refractivity contribution is 5.97. The molecule has 3 rings (SSSR count). The molecule has 6 nitrogen and oxygen atoms in total. The van der Waals surface area contributed by atoms with E-state index in [1.807, 2.05) is 11.8 Å². The number of hydrogen-bond donors (Lipinski definition) is 1. The second-order valence-corrected chi connectivity index (χ2v) is 6.02. The van der Waals surface area contributed by atoms with Crippen LogP contribution in [0, 0.1) is 12.8 Å². The lowest BCUT2D eigenvalue weighted by atomic mass is 10.1. The van der Waals surface area contributed by atoms with E-state index in [0.29, 0.717) is 24.5 Å². The van der Waals surface area contributed by atoms with Crippen LogP contribution < -0.4 is 4.74 Å². The van der Waals surface area contributed by atoms with Gasteiger partial charge in [-0.1, -0.05) is 0 Å². The molecule has 3 atom stereocenters. The summed E-state index contributed by atoms with van der Waals surface area (Å²) >= 11 is 0. The molecule has 1 unspecified atom stereocenters. The van der Waals surface area contributed by atoms with Crippen molar-refractivity contribution >= 4 is 5.91 Å². The number of fused-ring (bicyclic) bond motifs is 1. The van der Waals surface area contributed by atoms with E-state index in [0.717, 1.165) is 18.5 Å². The number of ether oxygens (including phenoxy) is 2. The quantitative estimate of drug-likeness (QED) is 0.902. The lowest BCUT2D eigenvalue weighted by Crippen LogP contribution is -2.51. The number of morpholine rings is 1. The predicted molar refractivity (Wildman–Crippen MR) is 79.9 cm³/mol. The van der Waals surface area contributed by atoms with Crippen molar-refractivity contribution in [3.05, 3.63) is 23.5 Å². The number of rotatable bonds is 3. The van der Waals surface area contributed by atoms with Crippen molar-refractivity contribution in [3.63, 3.8) is 0 Å². The zero-order chi connectivity index (χ0) is 15.7. The van der Waals surface area contributed by atoms with Crippen molar-refractivity contribution in [2.45, 2.75) is 31.9 Å². The molecule has 0 aromatic carbocycles. The Kier molecular flexibility index (Phi) is 4.31. The Morgan fingerprint density at radius 3 is 3.09 bits per heavy atom. The highest BCUT2D eigenvalue weighted by Gasteiger charge is 2.43. The van der Waals surface area contributed by atoms with Gasteiger partial charge >= 0.3 is 0 Å². The van der Waals surface area contributed by atoms with Gasteiger partial charge in [-0.05, 0) is 31.7 Å². The van der Waals surface area contributed by atoms with Crippen LogP contribution >= 0.6 is 0 Å². The number of methoxy groups -OCH3 is 1. The van der Waals surface area contributed by atoms with Crippen molar-refractivity contribution in [2.75, 3.05) is 26.9 Å². The Morgan fingerprint density at radius 1 is 1.55 bits per heavy atom. The Hall–Kier alpha value is -1.66. The molecule has 0 radical (unpaired) electrons. The second-order valence-electron chi connectivity index (χ2n) is 6.02. The smallest absolute Gasteiger partial charge is 0.258 e. The molecule has 1 aliphatic carbocycles. The summed E-state index contributed by atoms with van der Waals surface area (Å²) in [5.41, 5.74) is 1.33. The van der Waals surface area contributed by atoms with Crippen LogP contribution in [0.3, 0.4) is 0 Å². The molecule has 2 aliphatic rings. The first-order valence-electron chi connectivity index (χ1n) is 7.68. The third-order valence-electron chi connectivity index (χ3n) is 4.61. The van der Waals surface area contributed by atoms with Gasteiger partial charge in [-0.2, -0.15) is 0 Å². The average Bonchev–Trinajstić information content (AvgIpc) is 2.97. The third kappa shape index (κ3) is 2.68. The molecule has 1 aliphatic heterocycles. The molecule has 120 valence electrons. The van der Waals surface area contributed by atoms with Crippen molar-refractivity contribution < 1.29 is 19.4 Å². The fourth-order valence-corrected chi connectivity index (χ4v) is 3.48. The minimum absolute atomic E-state index is 0.0313. The molecule has 1 N–H and O–H groups in total. The Morgan fingerprint density at radius 2 is 2.36 bits per heavy atom. The van der Waals surface area contributed by atoms with Gasteiger partial charge in [-0.25, -0.2) is 0 Å². The predicted octanol–water partition coefficient (Wildman–Crippen LogP) is 1.01. The van der Waals surface area contributed by atoms with Crippen LogP contribution in [0.1, 0.15) is 28.9 Å². The van der Waals surface area contributed by atoms with Crippen LogP contribution in [-0.4, -0.2) is 59.9 Å². The van der Waals surface area contributed by atoms with Gasteiger partial charge in [0, 0.05) is 18.8 Å². The van der Waals surface area contributed by atoms with Gasteiger partial charge in [0.2, 0.25) is 0 Å². The Balaban J connectivity index is 1.87. The van der Waals surface area contributed by atoms with Gasteiger partial charge in [0.1, 0.15) is 5.75 Å². The summed E-state index contributed by atoms with van der Waals surface area (Å²) in [6, 6.07) is 1.81. The van der Waals surface area contributed by atoms with E-state index < -0.39 is 0 Å². The number of carbonyl (C=O) groups excluding carboxylic acids is 1. The van der Waals surface area contributed by atoms with E-state index in [1.165, 1.54) is 0 Å². The minimum atomic E-state index is -0.0424. The van der Waals surface area contributed by atoms with E-state index in [4.69, 9.17) is 9.47 Å². The first-order valence-corrected chi connectivity index (χ1v) is 7.68. The lowest BCUT2D eigenvalue weighted by molar-refractivity contribution is -0.0449. The number of carbonyl (C=O) groups is 1. The number of hydrogen-bond acceptors (Lipinski definition) is 5. The summed E-state index contributed by atoms with van der Waals surface area (Å²) in [5.74, 6) is 0.666. The maximum atomic E-state index is 13.0. The molecular weight excluding hydrogens is 284 g/mol. The summed E-state index contributed by atoms with van der Waals surface area (Å²) in [4.78, 5) is 19.0. The number of aryl methyl sites for hydroxylation is 1. The minimum Gasteiger partial charge on any atom is -0.494 e. The maximum Gasteiger partial charge on any atom is 0.258 e. The normalized spacial score (nSPS) is 27.6. The molecular formula is C16H22N2O4. The largest absolute Gasteiger partial charge is 0.494 e. The number of amides is 1. The molecule has 0 bridgehead atoms. The summed E-state index contributed by atoms with van der Waals surface area (Å²) in [7, 11) is 1.54. The van der Waals surface area contributed by atoms with Crippen LogP contribution in [-0.2, 0) is 4.74 Å². The van der Waals surface area contributed by atoms with E-state index in [1.54, 1.807) is 19.4 Å². The number of aliphatic hydroxyl groups excluding tert-OH is 1. The van der Waals surface area contributed by atoms with Crippen LogP contribution in [0.5, 0.6) is 5.75 Å². The molecule has 1 aromatic heterocycles. The second kappa shape index (κ2) is 6.22. The Labute approximate surface area is 130 Å². The fourth-order valence-electron chi connectivity index (χ4n) is 3.48. The monoisotopic (exact) mass is 306 g/mol. The van der Waals surface area contributed by atoms with Gasteiger partial charge in [0.25, 0.3) is 5.91 Å². The fraction of sp³-hybridized carbons (Fsp3) is 0.625. The molecule has 0 spiro atoms. The summed E-state index contributed by atoms with van der Waals surface area (Å²) < 4.78 is 11.1. The highest BCUT2D eigenvalue weighted by atomic mass is 16.5. The summed E-state index contributed by atoms with van der Waals surface area (Å²) in [6.45, 7) is 3.12. The van der Waals surface area contributed by atoms with E-state index in [-0.39, 0.29) is 30.6 Å². The zero-order valence-electron chi connectivity index (χ0n) is 13.0. The molecule has 22 heavy (non-hydrogen) atoms. The standard InChI is InChI=1S/C16H22N2O4/c1-10-5-12(15(21-2)8-17-10)16(20)18-3-4-22-14-7-11(9-19)6-13(14)18/h5,8,11,13-14,19H,3-4,6-7,9H2,1-2H3/t11-,13+,14?/m1/s1. The van der Waals surface area contributed by atoms with E-state index >= 15 is 0 Å². The number of nitrogens with zero attached hydrogens (tertiary/aromatic N) is 2. The summed E-state index contributed by atoms with van der Waals surface area (Å²) in [6.07, 6.45) is 3.23. The molecule has 1 amide bonds. The molecule has 2 heterocycles. The van der Waals surface area contributed by atoms with E-state index in [2.05, 4.69) is 4.98 Å². The topological polar surface area (TPSA) is 71.9 Å². The summed E-state index contributed by atoms with van der Waals surface area (Å²) in [5, 5.41) is 9.39. The average molecular weight is 306 g/mol. The molecule has 6 heteroatoms. The highest BCUT2D eigenvalue weighted by Crippen LogP contribution is 2.35. The van der Waals surface area contributed by atoms with Crippen LogP contribution in [0.2, 0.25) is 0 Å². The molecule has 1 saturated heterocycles. The number of aromatic nitrogens is 1. The van der Waals surface area contributed by atoms with Crippen LogP contribution in [0.4, 0.5) is 0 Å². The lowest BCUT2D eigenvalue weighted by Gasteiger charge is -2.37. The molecule has 1 saturated carbocycles. The van der Waals surface area contributed by atoms with Gasteiger partial charge < -0.3 is 19.5 Å². The van der Waals surface area contributed by atoms with Gasteiger partial charge in [-0.15, -0.1) is 0 Å². The Bertz CT molecular complexity index is 563. The van der Waals surface area contributed by atoms with E-state index in [9.17, 15) is 9.90 Å². The number of pyridine rings is 1. The van der Waals surface area contributed by atoms with Gasteiger partial charge in [0.05, 0.1) is 37.6 Å². The third-order valence-corrected chi connectivity index (χ3v) is 4.61. The number of aliphatic hydroxyl groups is 1. The molecule has 1 aromatic rings. The van der Waals surface area contributed by atoms with Crippen LogP contribution in [0.15, 0.2) is 12.3 Å². The van der Waals surface area contributed by atoms with Crippen molar-refractivity contribution in [3.8, 4) is 5.75 Å². The molecule has 2 fully saturated rings. The first kappa shape index (κ1) is 15.2. The van der Waals surface area contributed by atoms with Gasteiger partial charge in [-0.3, -0.25) is 9.78 Å². The zero-order valence-corrected chi connectivity index (χ0v) is 13.0. The van der Waals surface area contributed by atoms with Crippen molar-refractivity contribution in [1.29, 1.82) is 0 Å². The SMILES string of the molecule is COc1cnc(C)cc1C(=O)N1CCOC2C[C@H](CO)C[C@@H]21. The first-order chi connectivity index (χ1) is 10.6. The van der Waals surface area contributed by atoms with Crippen molar-refractivity contribution in [1.82, 2.24) is 9.88 Å².